The molecular formula is C13H18N6O. The molecule has 0 aromatic carbocycles. The summed E-state index contributed by atoms with van der Waals surface area (Å²) in [5, 5.41) is 10.5. The van der Waals surface area contributed by atoms with Crippen molar-refractivity contribution in [3.8, 4) is 0 Å². The molecule has 1 fully saturated rings. The molecule has 7 heteroatoms. The van der Waals surface area contributed by atoms with E-state index in [1.54, 1.807) is 4.52 Å². The average Bonchev–Trinajstić information content (AvgIpc) is 2.87. The minimum Gasteiger partial charge on any atom is -0.344 e. The number of carbonyl (C=O) groups is 1. The van der Waals surface area contributed by atoms with Crippen molar-refractivity contribution in [2.24, 2.45) is 0 Å². The first-order valence-corrected chi connectivity index (χ1v) is 6.78. The Morgan fingerprint density at radius 3 is 3.00 bits per heavy atom. The van der Waals surface area contributed by atoms with E-state index in [9.17, 15) is 4.79 Å². The van der Waals surface area contributed by atoms with Gasteiger partial charge in [-0.25, -0.2) is 4.52 Å². The highest BCUT2D eigenvalue weighted by Crippen LogP contribution is 2.07. The molecule has 3 heterocycles. The Hall–Kier alpha value is -2.15. The number of nitrogens with one attached hydrogen (secondary N) is 2. The summed E-state index contributed by atoms with van der Waals surface area (Å²) in [4.78, 5) is 18.2. The van der Waals surface area contributed by atoms with Crippen molar-refractivity contribution in [2.75, 3.05) is 38.0 Å². The highest BCUT2D eigenvalue weighted by atomic mass is 16.2. The van der Waals surface area contributed by atoms with Crippen molar-refractivity contribution in [1.82, 2.24) is 24.8 Å². The van der Waals surface area contributed by atoms with Crippen molar-refractivity contribution in [3.63, 3.8) is 0 Å². The van der Waals surface area contributed by atoms with Gasteiger partial charge in [0.25, 0.3) is 0 Å². The number of fused-ring (bicyclic) bond motifs is 1. The quantitative estimate of drug-likeness (QED) is 0.816. The molecule has 1 aliphatic rings. The smallest absolute Gasteiger partial charge is 0.243 e. The SMILES string of the molecule is Cc1ccc2nc(NCC(=O)N3CCNCC3)nn2c1. The fourth-order valence-corrected chi connectivity index (χ4v) is 2.24. The zero-order valence-electron chi connectivity index (χ0n) is 11.5. The van der Waals surface area contributed by atoms with Gasteiger partial charge in [0.1, 0.15) is 0 Å². The van der Waals surface area contributed by atoms with Crippen molar-refractivity contribution in [1.29, 1.82) is 0 Å². The van der Waals surface area contributed by atoms with E-state index in [1.165, 1.54) is 0 Å². The van der Waals surface area contributed by atoms with Gasteiger partial charge in [-0.05, 0) is 18.6 Å². The lowest BCUT2D eigenvalue weighted by Crippen LogP contribution is -2.48. The van der Waals surface area contributed by atoms with Gasteiger partial charge in [0.2, 0.25) is 11.9 Å². The molecule has 0 atom stereocenters. The van der Waals surface area contributed by atoms with Gasteiger partial charge in [-0.3, -0.25) is 4.79 Å². The third-order valence-corrected chi connectivity index (χ3v) is 3.35. The van der Waals surface area contributed by atoms with E-state index in [0.29, 0.717) is 5.95 Å². The molecule has 0 aliphatic carbocycles. The lowest BCUT2D eigenvalue weighted by atomic mass is 10.3. The standard InChI is InChI=1S/C13H18N6O/c1-10-2-3-11-16-13(17-19(11)9-10)15-8-12(20)18-6-4-14-5-7-18/h2-3,9,14H,4-8H2,1H3,(H,15,17). The topological polar surface area (TPSA) is 74.6 Å². The van der Waals surface area contributed by atoms with Gasteiger partial charge in [0.05, 0.1) is 6.54 Å². The second-order valence-corrected chi connectivity index (χ2v) is 4.93. The van der Waals surface area contributed by atoms with E-state index < -0.39 is 0 Å². The molecule has 0 radical (unpaired) electrons. The van der Waals surface area contributed by atoms with Crippen molar-refractivity contribution in [2.45, 2.75) is 6.92 Å². The molecular weight excluding hydrogens is 256 g/mol. The Balaban J connectivity index is 1.63. The van der Waals surface area contributed by atoms with Crippen LogP contribution >= 0.6 is 0 Å². The number of pyridine rings is 1. The molecule has 20 heavy (non-hydrogen) atoms. The first-order chi connectivity index (χ1) is 9.72. The van der Waals surface area contributed by atoms with Gasteiger partial charge in [0.15, 0.2) is 5.65 Å². The maximum absolute atomic E-state index is 12.0. The van der Waals surface area contributed by atoms with Crippen molar-refractivity contribution in [3.05, 3.63) is 23.9 Å². The third-order valence-electron chi connectivity index (χ3n) is 3.35. The molecule has 0 saturated carbocycles. The third kappa shape index (κ3) is 2.72. The Labute approximate surface area is 117 Å². The van der Waals surface area contributed by atoms with Crippen LogP contribution in [0.5, 0.6) is 0 Å². The summed E-state index contributed by atoms with van der Waals surface area (Å²) in [7, 11) is 0. The Morgan fingerprint density at radius 2 is 2.20 bits per heavy atom. The Morgan fingerprint density at radius 1 is 1.40 bits per heavy atom. The predicted octanol–water partition coefficient (Wildman–Crippen LogP) is -0.119. The van der Waals surface area contributed by atoms with Crippen LogP contribution in [-0.4, -0.2) is 58.1 Å². The highest BCUT2D eigenvalue weighted by Gasteiger charge is 2.16. The first kappa shape index (κ1) is 12.9. The maximum atomic E-state index is 12.0. The van der Waals surface area contributed by atoms with Crippen LogP contribution in [-0.2, 0) is 4.79 Å². The van der Waals surface area contributed by atoms with Crippen LogP contribution in [0.4, 0.5) is 5.95 Å². The maximum Gasteiger partial charge on any atom is 0.243 e. The molecule has 0 unspecified atom stereocenters. The largest absolute Gasteiger partial charge is 0.344 e. The molecule has 1 aliphatic heterocycles. The Bertz CT molecular complexity index is 616. The number of amides is 1. The zero-order valence-corrected chi connectivity index (χ0v) is 11.5. The number of aryl methyl sites for hydroxylation is 1. The molecule has 2 aromatic heterocycles. The van der Waals surface area contributed by atoms with Crippen LogP contribution < -0.4 is 10.6 Å². The molecule has 1 amide bonds. The monoisotopic (exact) mass is 274 g/mol. The summed E-state index contributed by atoms with van der Waals surface area (Å²) in [6.45, 7) is 5.48. The van der Waals surface area contributed by atoms with Gasteiger partial charge in [-0.15, -0.1) is 5.10 Å². The number of hydrogen-bond donors (Lipinski definition) is 2. The first-order valence-electron chi connectivity index (χ1n) is 6.78. The van der Waals surface area contributed by atoms with E-state index in [2.05, 4.69) is 20.7 Å². The van der Waals surface area contributed by atoms with Crippen LogP contribution in [0.25, 0.3) is 5.65 Å². The van der Waals surface area contributed by atoms with Crippen LogP contribution in [0.15, 0.2) is 18.3 Å². The van der Waals surface area contributed by atoms with Crippen LogP contribution in [0.2, 0.25) is 0 Å². The molecule has 2 N–H and O–H groups in total. The number of carbonyl (C=O) groups excluding carboxylic acids is 1. The fraction of sp³-hybridized carbons (Fsp3) is 0.462. The van der Waals surface area contributed by atoms with Gasteiger partial charge < -0.3 is 15.5 Å². The van der Waals surface area contributed by atoms with Crippen LogP contribution in [0, 0.1) is 6.92 Å². The number of rotatable bonds is 3. The van der Waals surface area contributed by atoms with Gasteiger partial charge >= 0.3 is 0 Å². The van der Waals surface area contributed by atoms with Crippen molar-refractivity contribution >= 4 is 17.5 Å². The number of aromatic nitrogens is 3. The minimum absolute atomic E-state index is 0.0848. The normalized spacial score (nSPS) is 15.6. The fourth-order valence-electron chi connectivity index (χ4n) is 2.24. The number of anilines is 1. The van der Waals surface area contributed by atoms with E-state index in [4.69, 9.17) is 0 Å². The van der Waals surface area contributed by atoms with Gasteiger partial charge in [0, 0.05) is 32.4 Å². The molecule has 106 valence electrons. The van der Waals surface area contributed by atoms with Crippen LogP contribution in [0.1, 0.15) is 5.56 Å². The molecule has 0 bridgehead atoms. The van der Waals surface area contributed by atoms with E-state index in [0.717, 1.165) is 37.4 Å². The van der Waals surface area contributed by atoms with E-state index in [-0.39, 0.29) is 12.5 Å². The Kier molecular flexibility index (Phi) is 3.51. The lowest BCUT2D eigenvalue weighted by Gasteiger charge is -2.27. The van der Waals surface area contributed by atoms with Gasteiger partial charge in [-0.2, -0.15) is 4.98 Å². The number of nitrogens with zero attached hydrogens (tertiary/aromatic N) is 4. The summed E-state index contributed by atoms with van der Waals surface area (Å²) in [5.41, 5.74) is 1.89. The van der Waals surface area contributed by atoms with Crippen molar-refractivity contribution < 1.29 is 4.79 Å². The van der Waals surface area contributed by atoms with E-state index in [1.807, 2.05) is 30.2 Å². The second-order valence-electron chi connectivity index (χ2n) is 4.93. The summed E-state index contributed by atoms with van der Waals surface area (Å²) in [6.07, 6.45) is 1.91. The average molecular weight is 274 g/mol. The molecule has 2 aromatic rings. The number of piperazine rings is 1. The summed E-state index contributed by atoms with van der Waals surface area (Å²) >= 11 is 0. The van der Waals surface area contributed by atoms with E-state index >= 15 is 0 Å². The summed E-state index contributed by atoms with van der Waals surface area (Å²) in [6, 6.07) is 3.89. The minimum atomic E-state index is 0.0848. The second kappa shape index (κ2) is 5.46. The van der Waals surface area contributed by atoms with Gasteiger partial charge in [-0.1, -0.05) is 6.07 Å². The summed E-state index contributed by atoms with van der Waals surface area (Å²) in [5.74, 6) is 0.570. The zero-order chi connectivity index (χ0) is 13.9. The predicted molar refractivity (Wildman–Crippen MR) is 75.7 cm³/mol. The highest BCUT2D eigenvalue weighted by molar-refractivity contribution is 5.80. The molecule has 3 rings (SSSR count). The molecule has 0 spiro atoms. The molecule has 7 nitrogen and oxygen atoms in total. The summed E-state index contributed by atoms with van der Waals surface area (Å²) < 4.78 is 1.72. The lowest BCUT2D eigenvalue weighted by molar-refractivity contribution is -0.129. The number of hydrogen-bond acceptors (Lipinski definition) is 5. The van der Waals surface area contributed by atoms with Crippen LogP contribution in [0.3, 0.4) is 0 Å². The molecule has 1 saturated heterocycles.